The first-order valence-electron chi connectivity index (χ1n) is 3.16. The Bertz CT molecular complexity index is 110. The van der Waals surface area contributed by atoms with Crippen LogP contribution in [0.4, 0.5) is 0 Å². The maximum atomic E-state index is 9.83. The van der Waals surface area contributed by atoms with Crippen LogP contribution in [0.3, 0.4) is 0 Å². The molecular weight excluding hydrogens is 164 g/mol. The van der Waals surface area contributed by atoms with Crippen molar-refractivity contribution < 1.29 is 19.1 Å². The molecule has 0 saturated carbocycles. The number of esters is 2. The molecule has 4 N–H and O–H groups in total. The summed E-state index contributed by atoms with van der Waals surface area (Å²) < 4.78 is 8.27. The van der Waals surface area contributed by atoms with Gasteiger partial charge in [0.1, 0.15) is 0 Å². The topological polar surface area (TPSA) is 105 Å². The van der Waals surface area contributed by atoms with Gasteiger partial charge in [-0.2, -0.15) is 0 Å². The van der Waals surface area contributed by atoms with Gasteiger partial charge in [0, 0.05) is 0 Å². The van der Waals surface area contributed by atoms with Crippen molar-refractivity contribution in [2.45, 2.75) is 0 Å². The SMILES string of the molecule is COC(=O)CN.COC(=O)CN. The highest BCUT2D eigenvalue weighted by Gasteiger charge is 1.88. The number of rotatable bonds is 2. The summed E-state index contributed by atoms with van der Waals surface area (Å²) in [7, 11) is 2.60. The molecule has 0 aromatic carbocycles. The normalized spacial score (nSPS) is 7.67. The molecule has 0 aliphatic heterocycles. The van der Waals surface area contributed by atoms with E-state index in [1.165, 1.54) is 14.2 Å². The van der Waals surface area contributed by atoms with Crippen LogP contribution in [0.1, 0.15) is 0 Å². The van der Waals surface area contributed by atoms with Gasteiger partial charge in [-0.15, -0.1) is 0 Å². The zero-order valence-electron chi connectivity index (χ0n) is 7.20. The van der Waals surface area contributed by atoms with Crippen LogP contribution < -0.4 is 11.5 Å². The van der Waals surface area contributed by atoms with Crippen molar-refractivity contribution in [3.8, 4) is 0 Å². The quantitative estimate of drug-likeness (QED) is 0.485. The Morgan fingerprint density at radius 2 is 1.25 bits per heavy atom. The van der Waals surface area contributed by atoms with Crippen molar-refractivity contribution in [2.24, 2.45) is 11.5 Å². The van der Waals surface area contributed by atoms with Crippen LogP contribution in [-0.4, -0.2) is 39.2 Å². The third-order valence-corrected chi connectivity index (χ3v) is 0.789. The second kappa shape index (κ2) is 9.86. The van der Waals surface area contributed by atoms with Gasteiger partial charge in [0.2, 0.25) is 0 Å². The number of hydrogen-bond acceptors (Lipinski definition) is 6. The number of ether oxygens (including phenoxy) is 2. The van der Waals surface area contributed by atoms with Crippen LogP contribution >= 0.6 is 0 Å². The van der Waals surface area contributed by atoms with E-state index in [9.17, 15) is 9.59 Å². The van der Waals surface area contributed by atoms with Gasteiger partial charge in [0.05, 0.1) is 27.3 Å². The molecule has 0 aromatic rings. The highest BCUT2D eigenvalue weighted by atomic mass is 16.5. The molecule has 72 valence electrons. The van der Waals surface area contributed by atoms with Crippen molar-refractivity contribution in [3.63, 3.8) is 0 Å². The Balaban J connectivity index is 0. The van der Waals surface area contributed by atoms with Gasteiger partial charge < -0.3 is 20.9 Å². The van der Waals surface area contributed by atoms with E-state index in [0.29, 0.717) is 0 Å². The van der Waals surface area contributed by atoms with Crippen molar-refractivity contribution in [3.05, 3.63) is 0 Å². The highest BCUT2D eigenvalue weighted by molar-refractivity contribution is 5.71. The predicted molar refractivity (Wildman–Crippen MR) is 42.1 cm³/mol. The minimum atomic E-state index is -0.380. The lowest BCUT2D eigenvalue weighted by Gasteiger charge is -1.87. The first kappa shape index (κ1) is 13.4. The molecule has 0 unspecified atom stereocenters. The van der Waals surface area contributed by atoms with E-state index in [0.717, 1.165) is 0 Å². The third kappa shape index (κ3) is 11.6. The molecule has 0 rings (SSSR count). The van der Waals surface area contributed by atoms with Gasteiger partial charge in [-0.25, -0.2) is 0 Å². The molecule has 0 spiro atoms. The lowest BCUT2D eigenvalue weighted by Crippen LogP contribution is -2.14. The molecule has 0 saturated heterocycles. The van der Waals surface area contributed by atoms with E-state index in [-0.39, 0.29) is 25.0 Å². The summed E-state index contributed by atoms with van der Waals surface area (Å²) in [5.41, 5.74) is 9.62. The lowest BCUT2D eigenvalue weighted by atomic mass is 10.7. The fourth-order valence-electron chi connectivity index (χ4n) is 0.167. The fourth-order valence-corrected chi connectivity index (χ4v) is 0.167. The van der Waals surface area contributed by atoms with Crippen molar-refractivity contribution >= 4 is 11.9 Å². The Hall–Kier alpha value is -1.14. The zero-order valence-corrected chi connectivity index (χ0v) is 7.20. The molecule has 0 fully saturated rings. The van der Waals surface area contributed by atoms with Gasteiger partial charge in [-0.1, -0.05) is 0 Å². The maximum absolute atomic E-state index is 9.83. The van der Waals surface area contributed by atoms with Gasteiger partial charge in [-0.3, -0.25) is 9.59 Å². The average Bonchev–Trinajstić information content (AvgIpc) is 2.16. The summed E-state index contributed by atoms with van der Waals surface area (Å²) in [6.07, 6.45) is 0. The second-order valence-corrected chi connectivity index (χ2v) is 1.56. The molecular formula is C6H14N2O4. The average molecular weight is 178 g/mol. The molecule has 0 atom stereocenters. The molecule has 12 heavy (non-hydrogen) atoms. The van der Waals surface area contributed by atoms with E-state index in [2.05, 4.69) is 9.47 Å². The number of hydrogen-bond donors (Lipinski definition) is 2. The molecule has 0 amide bonds. The Morgan fingerprint density at radius 1 is 1.00 bits per heavy atom. The van der Waals surface area contributed by atoms with Crippen molar-refractivity contribution in [1.82, 2.24) is 0 Å². The number of nitrogens with two attached hydrogens (primary N) is 2. The third-order valence-electron chi connectivity index (χ3n) is 0.789. The summed E-state index contributed by atoms with van der Waals surface area (Å²) in [6, 6.07) is 0. The standard InChI is InChI=1S/2C3H7NO2/c2*1-6-3(5)2-4/h2*2,4H2,1H3. The number of carbonyl (C=O) groups is 2. The van der Waals surface area contributed by atoms with Crippen LogP contribution in [0, 0.1) is 0 Å². The van der Waals surface area contributed by atoms with Gasteiger partial charge in [0.15, 0.2) is 0 Å². The minimum absolute atomic E-state index is 0.0312. The van der Waals surface area contributed by atoms with E-state index in [4.69, 9.17) is 11.5 Å². The van der Waals surface area contributed by atoms with E-state index in [1.807, 2.05) is 0 Å². The Kier molecular flexibility index (Phi) is 11.1. The molecule has 0 aromatic heterocycles. The molecule has 0 heterocycles. The minimum Gasteiger partial charge on any atom is -0.468 e. The molecule has 0 radical (unpaired) electrons. The van der Waals surface area contributed by atoms with Crippen LogP contribution in [0.2, 0.25) is 0 Å². The smallest absolute Gasteiger partial charge is 0.319 e. The van der Waals surface area contributed by atoms with Crippen LogP contribution in [0.25, 0.3) is 0 Å². The second-order valence-electron chi connectivity index (χ2n) is 1.56. The van der Waals surface area contributed by atoms with Crippen LogP contribution in [0.5, 0.6) is 0 Å². The maximum Gasteiger partial charge on any atom is 0.319 e. The monoisotopic (exact) mass is 178 g/mol. The fraction of sp³-hybridized carbons (Fsp3) is 0.667. The highest BCUT2D eigenvalue weighted by Crippen LogP contribution is 1.61. The largest absolute Gasteiger partial charge is 0.468 e. The molecule has 6 nitrogen and oxygen atoms in total. The predicted octanol–water partition coefficient (Wildman–Crippen LogP) is -1.76. The summed E-state index contributed by atoms with van der Waals surface area (Å²) in [4.78, 5) is 19.7. The summed E-state index contributed by atoms with van der Waals surface area (Å²) in [6.45, 7) is -0.0625. The molecule has 0 bridgehead atoms. The number of methoxy groups -OCH3 is 2. The van der Waals surface area contributed by atoms with Crippen molar-refractivity contribution in [2.75, 3.05) is 27.3 Å². The van der Waals surface area contributed by atoms with Crippen LogP contribution in [-0.2, 0) is 19.1 Å². The Labute approximate surface area is 70.8 Å². The van der Waals surface area contributed by atoms with Crippen LogP contribution in [0.15, 0.2) is 0 Å². The Morgan fingerprint density at radius 3 is 1.25 bits per heavy atom. The summed E-state index contributed by atoms with van der Waals surface area (Å²) in [5, 5.41) is 0. The zero-order chi connectivity index (χ0) is 9.98. The first-order chi connectivity index (χ1) is 5.62. The van der Waals surface area contributed by atoms with E-state index < -0.39 is 0 Å². The molecule has 0 aliphatic rings. The van der Waals surface area contributed by atoms with Crippen molar-refractivity contribution in [1.29, 1.82) is 0 Å². The van der Waals surface area contributed by atoms with Gasteiger partial charge in [0.25, 0.3) is 0 Å². The summed E-state index contributed by atoms with van der Waals surface area (Å²) >= 11 is 0. The number of carbonyl (C=O) groups excluding carboxylic acids is 2. The van der Waals surface area contributed by atoms with Gasteiger partial charge in [-0.05, 0) is 0 Å². The lowest BCUT2D eigenvalue weighted by molar-refractivity contribution is -0.139. The van der Waals surface area contributed by atoms with E-state index in [1.54, 1.807) is 0 Å². The molecule has 0 aliphatic carbocycles. The van der Waals surface area contributed by atoms with E-state index >= 15 is 0 Å². The van der Waals surface area contributed by atoms with Gasteiger partial charge >= 0.3 is 11.9 Å². The molecule has 6 heteroatoms. The first-order valence-corrected chi connectivity index (χ1v) is 3.16. The summed E-state index contributed by atoms with van der Waals surface area (Å²) in [5.74, 6) is -0.759.